The van der Waals surface area contributed by atoms with Gasteiger partial charge in [0.25, 0.3) is 0 Å². The molecule has 0 heteroatoms. The number of rotatable bonds is 0. The van der Waals surface area contributed by atoms with E-state index < -0.39 is 0 Å². The van der Waals surface area contributed by atoms with E-state index in [0.717, 1.165) is 0 Å². The number of aryl methyl sites for hydroxylation is 2. The largest absolute Gasteiger partial charge is 0.0620 e. The van der Waals surface area contributed by atoms with E-state index in [1.807, 2.05) is 0 Å². The summed E-state index contributed by atoms with van der Waals surface area (Å²) in [7, 11) is 0. The van der Waals surface area contributed by atoms with Crippen LogP contribution in [0.15, 0.2) is 24.3 Å². The van der Waals surface area contributed by atoms with E-state index in [1.54, 1.807) is 11.1 Å². The first kappa shape index (κ1) is 14.6. The van der Waals surface area contributed by atoms with Gasteiger partial charge >= 0.3 is 0 Å². The van der Waals surface area contributed by atoms with Crippen LogP contribution < -0.4 is 0 Å². The van der Waals surface area contributed by atoms with Gasteiger partial charge < -0.3 is 0 Å². The van der Waals surface area contributed by atoms with Gasteiger partial charge in [0.15, 0.2) is 0 Å². The molecule has 0 aliphatic heterocycles. The molecule has 0 radical (unpaired) electrons. The zero-order chi connectivity index (χ0) is 13.2. The van der Waals surface area contributed by atoms with Gasteiger partial charge in [-0.15, -0.1) is 0 Å². The summed E-state index contributed by atoms with van der Waals surface area (Å²) in [5, 5.41) is 0. The van der Waals surface area contributed by atoms with Crippen molar-refractivity contribution >= 4 is 0 Å². The molecular weight excluding hydrogens is 228 g/mol. The van der Waals surface area contributed by atoms with Crippen LogP contribution in [0.1, 0.15) is 81.8 Å². The molecule has 0 aromatic heterocycles. The summed E-state index contributed by atoms with van der Waals surface area (Å²) in [6.07, 6.45) is 18.4. The van der Waals surface area contributed by atoms with Gasteiger partial charge in [0, 0.05) is 0 Å². The van der Waals surface area contributed by atoms with Crippen molar-refractivity contribution in [2.45, 2.75) is 83.5 Å². The summed E-state index contributed by atoms with van der Waals surface area (Å²) in [5.74, 6) is 0. The molecule has 0 fully saturated rings. The van der Waals surface area contributed by atoms with Crippen molar-refractivity contribution in [2.75, 3.05) is 0 Å². The van der Waals surface area contributed by atoms with Gasteiger partial charge in [0.05, 0.1) is 0 Å². The second kappa shape index (κ2) is 9.18. The topological polar surface area (TPSA) is 0 Å². The standard InChI is InChI=1S/C19H30/c1-2-4-6-8-10-14-18-16-12-13-17-19(18)15-11-9-7-5-3-1/h12-13,16-17H,1-11,14-15H2. The van der Waals surface area contributed by atoms with Crippen molar-refractivity contribution < 1.29 is 0 Å². The maximum atomic E-state index is 2.35. The highest BCUT2D eigenvalue weighted by Gasteiger charge is 2.03. The third kappa shape index (κ3) is 5.80. The minimum absolute atomic E-state index is 1.30. The van der Waals surface area contributed by atoms with Crippen LogP contribution >= 0.6 is 0 Å². The van der Waals surface area contributed by atoms with Gasteiger partial charge in [-0.3, -0.25) is 0 Å². The van der Waals surface area contributed by atoms with Crippen molar-refractivity contribution in [3.05, 3.63) is 35.4 Å². The summed E-state index contributed by atoms with van der Waals surface area (Å²) in [4.78, 5) is 0. The molecule has 19 heavy (non-hydrogen) atoms. The lowest BCUT2D eigenvalue weighted by Crippen LogP contribution is -1.95. The van der Waals surface area contributed by atoms with Crippen LogP contribution in [0.25, 0.3) is 0 Å². The predicted octanol–water partition coefficient (Wildman–Crippen LogP) is 6.08. The number of hydrogen-bond donors (Lipinski definition) is 0. The van der Waals surface area contributed by atoms with E-state index in [2.05, 4.69) is 24.3 Å². The zero-order valence-corrected chi connectivity index (χ0v) is 12.5. The predicted molar refractivity (Wildman–Crippen MR) is 84.6 cm³/mol. The molecular formula is C19H30. The van der Waals surface area contributed by atoms with Gasteiger partial charge in [-0.1, -0.05) is 82.1 Å². The van der Waals surface area contributed by atoms with Gasteiger partial charge in [-0.2, -0.15) is 0 Å². The van der Waals surface area contributed by atoms with Gasteiger partial charge in [0.1, 0.15) is 0 Å². The number of fused-ring (bicyclic) bond motifs is 1. The fraction of sp³-hybridized carbons (Fsp3) is 0.684. The van der Waals surface area contributed by atoms with E-state index in [0.29, 0.717) is 0 Å². The quantitative estimate of drug-likeness (QED) is 0.529. The highest BCUT2D eigenvalue weighted by Crippen LogP contribution is 2.18. The molecule has 0 atom stereocenters. The fourth-order valence-corrected chi connectivity index (χ4v) is 3.27. The molecule has 106 valence electrons. The van der Waals surface area contributed by atoms with Crippen LogP contribution in [-0.2, 0) is 12.8 Å². The first-order valence-corrected chi connectivity index (χ1v) is 8.53. The highest BCUT2D eigenvalue weighted by molar-refractivity contribution is 5.27. The highest BCUT2D eigenvalue weighted by atomic mass is 14.1. The Balaban J connectivity index is 1.87. The van der Waals surface area contributed by atoms with Crippen LogP contribution in [0.4, 0.5) is 0 Å². The fourth-order valence-electron chi connectivity index (χ4n) is 3.27. The summed E-state index contributed by atoms with van der Waals surface area (Å²) < 4.78 is 0. The van der Waals surface area contributed by atoms with Crippen molar-refractivity contribution in [1.82, 2.24) is 0 Å². The van der Waals surface area contributed by atoms with Crippen molar-refractivity contribution in [2.24, 2.45) is 0 Å². The second-order valence-electron chi connectivity index (χ2n) is 6.16. The molecule has 0 spiro atoms. The molecule has 0 N–H and O–H groups in total. The Kier molecular flexibility index (Phi) is 7.06. The second-order valence-corrected chi connectivity index (χ2v) is 6.16. The molecule has 1 aliphatic rings. The number of benzene rings is 1. The third-order valence-corrected chi connectivity index (χ3v) is 4.51. The number of hydrogen-bond acceptors (Lipinski definition) is 0. The summed E-state index contributed by atoms with van der Waals surface area (Å²) in [5.41, 5.74) is 3.25. The summed E-state index contributed by atoms with van der Waals surface area (Å²) >= 11 is 0. The van der Waals surface area contributed by atoms with E-state index in [9.17, 15) is 0 Å². The normalized spacial score (nSPS) is 20.0. The lowest BCUT2D eigenvalue weighted by Gasteiger charge is -2.09. The Morgan fingerprint density at radius 2 is 0.737 bits per heavy atom. The molecule has 0 amide bonds. The van der Waals surface area contributed by atoms with Crippen LogP contribution in [-0.4, -0.2) is 0 Å². The third-order valence-electron chi connectivity index (χ3n) is 4.51. The van der Waals surface area contributed by atoms with E-state index >= 15 is 0 Å². The molecule has 0 bridgehead atoms. The Morgan fingerprint density at radius 3 is 1.11 bits per heavy atom. The first-order chi connectivity index (χ1) is 9.47. The molecule has 0 nitrogen and oxygen atoms in total. The lowest BCUT2D eigenvalue weighted by molar-refractivity contribution is 0.549. The Hall–Kier alpha value is -0.780. The van der Waals surface area contributed by atoms with Crippen molar-refractivity contribution in [3.63, 3.8) is 0 Å². The average molecular weight is 258 g/mol. The molecule has 0 saturated heterocycles. The van der Waals surface area contributed by atoms with Gasteiger partial charge in [-0.05, 0) is 36.8 Å². The van der Waals surface area contributed by atoms with Crippen molar-refractivity contribution in [1.29, 1.82) is 0 Å². The first-order valence-electron chi connectivity index (χ1n) is 8.53. The molecule has 2 rings (SSSR count). The van der Waals surface area contributed by atoms with Gasteiger partial charge in [0.2, 0.25) is 0 Å². The van der Waals surface area contributed by atoms with Crippen LogP contribution in [0, 0.1) is 0 Å². The lowest BCUT2D eigenvalue weighted by atomic mass is 9.97. The molecule has 0 saturated carbocycles. The van der Waals surface area contributed by atoms with Crippen LogP contribution in [0.2, 0.25) is 0 Å². The van der Waals surface area contributed by atoms with Crippen molar-refractivity contribution in [3.8, 4) is 0 Å². The molecule has 0 unspecified atom stereocenters. The van der Waals surface area contributed by atoms with E-state index in [1.165, 1.54) is 83.5 Å². The summed E-state index contributed by atoms with van der Waals surface area (Å²) in [6, 6.07) is 9.14. The van der Waals surface area contributed by atoms with Crippen LogP contribution in [0.3, 0.4) is 0 Å². The van der Waals surface area contributed by atoms with E-state index in [4.69, 9.17) is 0 Å². The minimum Gasteiger partial charge on any atom is -0.0620 e. The van der Waals surface area contributed by atoms with Crippen LogP contribution in [0.5, 0.6) is 0 Å². The smallest absolute Gasteiger partial charge is 0.0276 e. The molecule has 1 aromatic carbocycles. The summed E-state index contributed by atoms with van der Waals surface area (Å²) in [6.45, 7) is 0. The SMILES string of the molecule is c1ccc2c(c1)CCCCCCCCCCCCC2. The molecule has 0 heterocycles. The Labute approximate surface area is 119 Å². The monoisotopic (exact) mass is 258 g/mol. The maximum absolute atomic E-state index is 2.35. The van der Waals surface area contributed by atoms with E-state index in [-0.39, 0.29) is 0 Å². The maximum Gasteiger partial charge on any atom is -0.0276 e. The average Bonchev–Trinajstić information content (AvgIpc) is 2.45. The Bertz CT molecular complexity index is 307. The zero-order valence-electron chi connectivity index (χ0n) is 12.5. The van der Waals surface area contributed by atoms with Gasteiger partial charge in [-0.25, -0.2) is 0 Å². The Morgan fingerprint density at radius 1 is 0.421 bits per heavy atom. The minimum atomic E-state index is 1.30. The molecule has 1 aliphatic carbocycles. The molecule has 1 aromatic rings.